The van der Waals surface area contributed by atoms with Crippen LogP contribution in [0.15, 0.2) is 30.3 Å². The van der Waals surface area contributed by atoms with Crippen molar-refractivity contribution in [1.29, 1.82) is 0 Å². The second kappa shape index (κ2) is 10.3. The maximum absolute atomic E-state index is 10.8. The first-order chi connectivity index (χ1) is 5.83. The maximum Gasteiger partial charge on any atom is 1.00 e. The molecule has 0 atom stereocenters. The van der Waals surface area contributed by atoms with Crippen molar-refractivity contribution in [2.75, 3.05) is 0 Å². The van der Waals surface area contributed by atoms with E-state index in [4.69, 9.17) is 0 Å². The van der Waals surface area contributed by atoms with Crippen molar-refractivity contribution in [2.24, 2.45) is 0 Å². The topological polar surface area (TPSA) is 43.4 Å². The van der Waals surface area contributed by atoms with Crippen LogP contribution in [-0.2, 0) is 20.3 Å². The summed E-state index contributed by atoms with van der Waals surface area (Å²) in [5.74, 6) is -0.488. The molecule has 0 N–H and O–H groups in total. The number of benzene rings is 1. The maximum atomic E-state index is 10.8. The van der Waals surface area contributed by atoms with Crippen LogP contribution in [-0.4, -0.2) is 5.97 Å². The van der Waals surface area contributed by atoms with Gasteiger partial charge in [0.2, 0.25) is 0 Å². The molecule has 1 rings (SSSR count). The van der Waals surface area contributed by atoms with Gasteiger partial charge in [0.25, 0.3) is 0 Å². The predicted octanol–water partition coefficient (Wildman–Crippen LogP) is -3.79. The minimum atomic E-state index is -0.590. The van der Waals surface area contributed by atoms with Gasteiger partial charge in [-0.25, -0.2) is 4.57 Å². The summed E-state index contributed by atoms with van der Waals surface area (Å²) in [5, 5.41) is 0. The van der Waals surface area contributed by atoms with Gasteiger partial charge in [0, 0.05) is 0 Å². The number of carbonyl (C=O) groups is 1. The molecule has 0 amide bonds. The number of hydrogen-bond donors (Lipinski definition) is 0. The summed E-state index contributed by atoms with van der Waals surface area (Å²) in [6.45, 7) is 0. The normalized spacial score (nSPS) is 8.29. The second-order valence-electron chi connectivity index (χ2n) is 2.20. The summed E-state index contributed by atoms with van der Waals surface area (Å²) in [5.41, 5.74) is 0.853. The fraction of sp³-hybridized carbons (Fsp3) is 0.125. The van der Waals surface area contributed by atoms with E-state index in [1.165, 1.54) is 0 Å². The van der Waals surface area contributed by atoms with Gasteiger partial charge >= 0.3 is 73.8 Å². The standard InChI is InChI=1S/C8H7O3P.2Na.2H/c9-8(11-12-10)6-7-4-2-1-3-5-7;;;;/h1-5H,6H2;;;;/q;2*+1;2*-1. The molecule has 0 radical (unpaired) electrons. The summed E-state index contributed by atoms with van der Waals surface area (Å²) in [6.07, 6.45) is 0.163. The smallest absolute Gasteiger partial charge is 1.00 e. The van der Waals surface area contributed by atoms with Gasteiger partial charge < -0.3 is 7.38 Å². The summed E-state index contributed by atoms with van der Waals surface area (Å²) in [4.78, 5) is 10.8. The molecule has 0 saturated heterocycles. The summed E-state index contributed by atoms with van der Waals surface area (Å²) < 4.78 is 14.1. The zero-order valence-corrected chi connectivity index (χ0v) is 13.2. The Morgan fingerprint density at radius 3 is 2.36 bits per heavy atom. The van der Waals surface area contributed by atoms with E-state index in [2.05, 4.69) is 4.52 Å². The number of carbonyl (C=O) groups excluding carboxylic acids is 1. The molecule has 66 valence electrons. The third-order valence-corrected chi connectivity index (χ3v) is 1.61. The molecule has 0 aliphatic heterocycles. The monoisotopic (exact) mass is 230 g/mol. The van der Waals surface area contributed by atoms with Crippen molar-refractivity contribution in [1.82, 2.24) is 0 Å². The Bertz CT molecular complexity index is 288. The molecular weight excluding hydrogens is 221 g/mol. The number of rotatable bonds is 3. The van der Waals surface area contributed by atoms with Crippen LogP contribution in [0.2, 0.25) is 0 Å². The Morgan fingerprint density at radius 1 is 1.29 bits per heavy atom. The van der Waals surface area contributed by atoms with E-state index in [-0.39, 0.29) is 68.4 Å². The Kier molecular flexibility index (Phi) is 12.7. The van der Waals surface area contributed by atoms with Gasteiger partial charge in [-0.2, -0.15) is 0 Å². The Morgan fingerprint density at radius 2 is 1.86 bits per heavy atom. The average molecular weight is 230 g/mol. The van der Waals surface area contributed by atoms with Crippen molar-refractivity contribution >= 4 is 14.7 Å². The van der Waals surface area contributed by atoms with Gasteiger partial charge in [0.1, 0.15) is 0 Å². The fourth-order valence-corrected chi connectivity index (χ4v) is 0.984. The van der Waals surface area contributed by atoms with Crippen LogP contribution in [0.1, 0.15) is 8.42 Å². The van der Waals surface area contributed by atoms with Gasteiger partial charge in [-0.1, -0.05) is 30.3 Å². The first kappa shape index (κ1) is 17.2. The van der Waals surface area contributed by atoms with Crippen LogP contribution in [0, 0.1) is 0 Å². The van der Waals surface area contributed by atoms with E-state index >= 15 is 0 Å². The second-order valence-corrected chi connectivity index (χ2v) is 2.53. The molecule has 0 aromatic heterocycles. The first-order valence-corrected chi connectivity index (χ1v) is 4.12. The van der Waals surface area contributed by atoms with E-state index in [1.54, 1.807) is 0 Å². The van der Waals surface area contributed by atoms with E-state index in [9.17, 15) is 9.36 Å². The average Bonchev–Trinajstić information content (AvgIpc) is 2.06. The zero-order chi connectivity index (χ0) is 8.81. The quantitative estimate of drug-likeness (QED) is 0.395. The summed E-state index contributed by atoms with van der Waals surface area (Å²) >= 11 is 0. The van der Waals surface area contributed by atoms with Crippen molar-refractivity contribution in [2.45, 2.75) is 6.42 Å². The minimum absolute atomic E-state index is 0. The van der Waals surface area contributed by atoms with E-state index in [0.717, 1.165) is 5.56 Å². The van der Waals surface area contributed by atoms with Crippen molar-refractivity contribution in [3.05, 3.63) is 35.9 Å². The Labute approximate surface area is 131 Å². The largest absolute Gasteiger partial charge is 1.00 e. The Balaban J connectivity index is -0.000000180. The SMILES string of the molecule is O=POC(=O)Cc1ccccc1.[H-].[H-].[Na+].[Na+]. The number of hydrogen-bond acceptors (Lipinski definition) is 3. The zero-order valence-electron chi connectivity index (χ0n) is 10.3. The fourth-order valence-electron chi connectivity index (χ4n) is 0.836. The van der Waals surface area contributed by atoms with Crippen LogP contribution in [0.3, 0.4) is 0 Å². The molecular formula is C8H9Na2O3P. The van der Waals surface area contributed by atoms with Crippen molar-refractivity contribution < 1.29 is 75.9 Å². The molecule has 0 spiro atoms. The van der Waals surface area contributed by atoms with Crippen LogP contribution in [0.5, 0.6) is 0 Å². The van der Waals surface area contributed by atoms with Gasteiger partial charge in [-0.3, -0.25) is 4.79 Å². The summed E-state index contributed by atoms with van der Waals surface area (Å²) in [7, 11) is -0.590. The minimum Gasteiger partial charge on any atom is -1.00 e. The van der Waals surface area contributed by atoms with Crippen LogP contribution in [0.25, 0.3) is 0 Å². The van der Waals surface area contributed by atoms with Gasteiger partial charge in [0.15, 0.2) is 0 Å². The van der Waals surface area contributed by atoms with Crippen LogP contribution >= 0.6 is 8.69 Å². The predicted molar refractivity (Wildman–Crippen MR) is 46.1 cm³/mol. The third kappa shape index (κ3) is 7.13. The molecule has 0 aliphatic carbocycles. The Hall–Kier alpha value is 0.790. The molecule has 0 saturated carbocycles. The molecule has 0 heterocycles. The molecule has 1 aromatic rings. The molecule has 14 heavy (non-hydrogen) atoms. The molecule has 0 unspecified atom stereocenters. The van der Waals surface area contributed by atoms with Crippen LogP contribution in [0.4, 0.5) is 0 Å². The van der Waals surface area contributed by atoms with E-state index < -0.39 is 14.7 Å². The van der Waals surface area contributed by atoms with E-state index in [0.29, 0.717) is 0 Å². The molecule has 0 fully saturated rings. The molecule has 6 heteroatoms. The van der Waals surface area contributed by atoms with Crippen molar-refractivity contribution in [3.63, 3.8) is 0 Å². The van der Waals surface area contributed by atoms with Gasteiger partial charge in [-0.05, 0) is 5.56 Å². The molecule has 0 aliphatic rings. The van der Waals surface area contributed by atoms with Crippen molar-refractivity contribution in [3.8, 4) is 0 Å². The summed E-state index contributed by atoms with van der Waals surface area (Å²) in [6, 6.07) is 9.14. The molecule has 0 bridgehead atoms. The third-order valence-electron chi connectivity index (χ3n) is 1.33. The van der Waals surface area contributed by atoms with E-state index in [1.807, 2.05) is 30.3 Å². The van der Waals surface area contributed by atoms with Crippen LogP contribution < -0.4 is 59.1 Å². The molecule has 1 aromatic carbocycles. The van der Waals surface area contributed by atoms with Gasteiger partial charge in [0.05, 0.1) is 6.42 Å². The molecule has 3 nitrogen and oxygen atoms in total. The van der Waals surface area contributed by atoms with Gasteiger partial charge in [-0.15, -0.1) is 0 Å². The first-order valence-electron chi connectivity index (χ1n) is 3.39.